The average Bonchev–Trinajstić information content (AvgIpc) is 2.45. The predicted octanol–water partition coefficient (Wildman–Crippen LogP) is 2.63. The Morgan fingerprint density at radius 3 is 2.60 bits per heavy atom. The van der Waals surface area contributed by atoms with Gasteiger partial charge in [-0.3, -0.25) is 0 Å². The highest BCUT2D eigenvalue weighted by molar-refractivity contribution is 5.60. The zero-order valence-corrected chi connectivity index (χ0v) is 13.2. The summed E-state index contributed by atoms with van der Waals surface area (Å²) in [5.41, 5.74) is 1.17. The molecule has 20 heavy (non-hydrogen) atoms. The van der Waals surface area contributed by atoms with Gasteiger partial charge in [-0.25, -0.2) is 9.97 Å². The first kappa shape index (κ1) is 16.7. The largest absolute Gasteiger partial charge is 0.396 e. The van der Waals surface area contributed by atoms with E-state index in [4.69, 9.17) is 5.11 Å². The van der Waals surface area contributed by atoms with Crippen molar-refractivity contribution in [2.24, 2.45) is 0 Å². The minimum atomic E-state index is 0.208. The summed E-state index contributed by atoms with van der Waals surface area (Å²) in [5.74, 6) is 2.28. The van der Waals surface area contributed by atoms with E-state index in [-0.39, 0.29) is 6.61 Å². The van der Waals surface area contributed by atoms with Crippen molar-refractivity contribution in [3.8, 4) is 0 Å². The molecule has 0 fully saturated rings. The number of hydrogen-bond donors (Lipinski definition) is 2. The average molecular weight is 280 g/mol. The number of hydrogen-bond acceptors (Lipinski definition) is 5. The third-order valence-electron chi connectivity index (χ3n) is 3.25. The first-order valence-electron chi connectivity index (χ1n) is 7.60. The fourth-order valence-corrected chi connectivity index (χ4v) is 2.23. The Labute approximate surface area is 122 Å². The molecule has 0 aliphatic rings. The molecule has 2 N–H and O–H groups in total. The van der Waals surface area contributed by atoms with Gasteiger partial charge in [-0.05, 0) is 25.7 Å². The molecule has 0 saturated heterocycles. The maximum atomic E-state index is 9.04. The van der Waals surface area contributed by atoms with E-state index in [1.165, 1.54) is 5.56 Å². The van der Waals surface area contributed by atoms with Gasteiger partial charge in [-0.15, -0.1) is 0 Å². The lowest BCUT2D eigenvalue weighted by Crippen LogP contribution is -2.27. The number of aliphatic hydroxyl groups excluding tert-OH is 1. The normalized spacial score (nSPS) is 10.9. The Hall–Kier alpha value is -1.36. The van der Waals surface area contributed by atoms with Crippen LogP contribution in [0.4, 0.5) is 11.6 Å². The lowest BCUT2D eigenvalue weighted by molar-refractivity contribution is 0.289. The molecule has 0 unspecified atom stereocenters. The molecule has 1 aromatic rings. The molecule has 0 atom stereocenters. The second-order valence-corrected chi connectivity index (χ2v) is 5.20. The van der Waals surface area contributed by atoms with Crippen molar-refractivity contribution in [1.82, 2.24) is 9.97 Å². The van der Waals surface area contributed by atoms with Crippen LogP contribution in [0.1, 0.15) is 52.0 Å². The molecule has 0 aliphatic carbocycles. The number of rotatable bonds is 9. The number of nitrogens with one attached hydrogen (secondary N) is 1. The van der Waals surface area contributed by atoms with E-state index in [2.05, 4.69) is 47.9 Å². The molecular formula is C15H28N4O. The van der Waals surface area contributed by atoms with Gasteiger partial charge in [0.15, 0.2) is 0 Å². The summed E-state index contributed by atoms with van der Waals surface area (Å²) >= 11 is 0. The second kappa shape index (κ2) is 8.74. The van der Waals surface area contributed by atoms with Crippen LogP contribution in [-0.2, 0) is 0 Å². The van der Waals surface area contributed by atoms with Crippen LogP contribution in [0.3, 0.4) is 0 Å². The van der Waals surface area contributed by atoms with Gasteiger partial charge in [0.2, 0.25) is 0 Å². The molecule has 1 aromatic heterocycles. The van der Waals surface area contributed by atoms with Crippen LogP contribution < -0.4 is 10.2 Å². The number of anilines is 2. The molecule has 0 radical (unpaired) electrons. The zero-order valence-electron chi connectivity index (χ0n) is 13.2. The minimum Gasteiger partial charge on any atom is -0.396 e. The smallest absolute Gasteiger partial charge is 0.137 e. The van der Waals surface area contributed by atoms with Crippen molar-refractivity contribution in [2.45, 2.75) is 46.5 Å². The summed E-state index contributed by atoms with van der Waals surface area (Å²) in [4.78, 5) is 11.1. The van der Waals surface area contributed by atoms with Gasteiger partial charge in [0.05, 0.1) is 0 Å². The maximum Gasteiger partial charge on any atom is 0.137 e. The van der Waals surface area contributed by atoms with Gasteiger partial charge in [-0.2, -0.15) is 0 Å². The van der Waals surface area contributed by atoms with Gasteiger partial charge in [0.1, 0.15) is 18.0 Å². The van der Waals surface area contributed by atoms with Crippen molar-refractivity contribution in [1.29, 1.82) is 0 Å². The molecule has 114 valence electrons. The number of nitrogens with zero attached hydrogens (tertiary/aromatic N) is 3. The topological polar surface area (TPSA) is 61.3 Å². The maximum absolute atomic E-state index is 9.04. The predicted molar refractivity (Wildman–Crippen MR) is 84.5 cm³/mol. The molecule has 0 spiro atoms. The van der Waals surface area contributed by atoms with Crippen molar-refractivity contribution in [3.63, 3.8) is 0 Å². The lowest BCUT2D eigenvalue weighted by atomic mass is 10.0. The Morgan fingerprint density at radius 2 is 2.05 bits per heavy atom. The van der Waals surface area contributed by atoms with Gasteiger partial charge in [-0.1, -0.05) is 20.8 Å². The fourth-order valence-electron chi connectivity index (χ4n) is 2.23. The number of aliphatic hydroxyl groups is 1. The lowest BCUT2D eigenvalue weighted by Gasteiger charge is -2.26. The van der Waals surface area contributed by atoms with Gasteiger partial charge < -0.3 is 15.3 Å². The minimum absolute atomic E-state index is 0.208. The Kier molecular flexibility index (Phi) is 7.30. The van der Waals surface area contributed by atoms with E-state index in [0.717, 1.165) is 44.1 Å². The Morgan fingerprint density at radius 1 is 1.30 bits per heavy atom. The zero-order chi connectivity index (χ0) is 15.0. The highest BCUT2D eigenvalue weighted by Gasteiger charge is 2.18. The molecule has 0 aliphatic heterocycles. The Bertz CT molecular complexity index is 395. The van der Waals surface area contributed by atoms with E-state index in [1.54, 1.807) is 6.33 Å². The molecule has 1 rings (SSSR count). The molecule has 5 heteroatoms. The van der Waals surface area contributed by atoms with E-state index >= 15 is 0 Å². The highest BCUT2D eigenvalue weighted by Crippen LogP contribution is 2.30. The molecule has 5 nitrogen and oxygen atoms in total. The van der Waals surface area contributed by atoms with Crippen molar-refractivity contribution >= 4 is 11.6 Å². The van der Waals surface area contributed by atoms with Crippen LogP contribution >= 0.6 is 0 Å². The summed E-state index contributed by atoms with van der Waals surface area (Å²) < 4.78 is 0. The van der Waals surface area contributed by atoms with Crippen LogP contribution in [0.5, 0.6) is 0 Å². The third-order valence-corrected chi connectivity index (χ3v) is 3.25. The van der Waals surface area contributed by atoms with E-state index in [1.807, 2.05) is 0 Å². The molecule has 0 bridgehead atoms. The van der Waals surface area contributed by atoms with E-state index in [0.29, 0.717) is 5.92 Å². The van der Waals surface area contributed by atoms with Crippen molar-refractivity contribution in [3.05, 3.63) is 11.9 Å². The molecular weight excluding hydrogens is 252 g/mol. The summed E-state index contributed by atoms with van der Waals surface area (Å²) in [5, 5.41) is 12.4. The first-order chi connectivity index (χ1) is 9.65. The molecule has 0 aromatic carbocycles. The van der Waals surface area contributed by atoms with Crippen molar-refractivity contribution in [2.75, 3.05) is 36.5 Å². The monoisotopic (exact) mass is 280 g/mol. The van der Waals surface area contributed by atoms with Crippen LogP contribution in [0.15, 0.2) is 6.33 Å². The SMILES string of the molecule is CCCNc1ncnc(N(CC)CCCO)c1C(C)C. The van der Waals surface area contributed by atoms with Crippen LogP contribution in [0.25, 0.3) is 0 Å². The van der Waals surface area contributed by atoms with Crippen molar-refractivity contribution < 1.29 is 5.11 Å². The third kappa shape index (κ3) is 4.34. The first-order valence-corrected chi connectivity index (χ1v) is 7.60. The summed E-state index contributed by atoms with van der Waals surface area (Å²) in [6.45, 7) is 11.4. The van der Waals surface area contributed by atoms with Gasteiger partial charge in [0.25, 0.3) is 0 Å². The van der Waals surface area contributed by atoms with Gasteiger partial charge >= 0.3 is 0 Å². The van der Waals surface area contributed by atoms with Crippen LogP contribution in [-0.4, -0.2) is 41.3 Å². The molecule has 0 amide bonds. The standard InChI is InChI=1S/C15H28N4O/c1-5-8-16-14-13(12(3)4)15(18-11-17-14)19(6-2)9-7-10-20/h11-12,20H,5-10H2,1-4H3,(H,16,17,18). The molecule has 1 heterocycles. The number of aromatic nitrogens is 2. The summed E-state index contributed by atoms with van der Waals surface area (Å²) in [6, 6.07) is 0. The molecule has 0 saturated carbocycles. The summed E-state index contributed by atoms with van der Waals surface area (Å²) in [7, 11) is 0. The fraction of sp³-hybridized carbons (Fsp3) is 0.733. The van der Waals surface area contributed by atoms with Crippen LogP contribution in [0, 0.1) is 0 Å². The van der Waals surface area contributed by atoms with Crippen LogP contribution in [0.2, 0.25) is 0 Å². The van der Waals surface area contributed by atoms with E-state index < -0.39 is 0 Å². The highest BCUT2D eigenvalue weighted by atomic mass is 16.3. The van der Waals surface area contributed by atoms with E-state index in [9.17, 15) is 0 Å². The quantitative estimate of drug-likeness (QED) is 0.728. The second-order valence-electron chi connectivity index (χ2n) is 5.20. The Balaban J connectivity index is 3.09. The summed E-state index contributed by atoms with van der Waals surface area (Å²) in [6.07, 6.45) is 3.45. The van der Waals surface area contributed by atoms with Gasteiger partial charge in [0, 0.05) is 31.8 Å².